The standard InChI is InChI=1S/2C34H25O6P/c2*1-37-25-15-11-21(12-16-25)29-19-23-7-3-5-9-27(23)31-32-28-10-6-4-8-24(28)20-30(22-13-17-26(38-2)18-14-22)34(32)40-41(35,36)39-33(29)31/h2*3-20H,1-2H3,(H,35,36). The number of ether oxygens (including phenoxy) is 4. The highest BCUT2D eigenvalue weighted by molar-refractivity contribution is 7.48. The van der Waals surface area contributed by atoms with Crippen molar-refractivity contribution in [1.29, 1.82) is 0 Å². The van der Waals surface area contributed by atoms with E-state index in [4.69, 9.17) is 37.0 Å². The summed E-state index contributed by atoms with van der Waals surface area (Å²) in [6.07, 6.45) is 0. The lowest BCUT2D eigenvalue weighted by molar-refractivity contribution is 0.293. The summed E-state index contributed by atoms with van der Waals surface area (Å²) in [5, 5.41) is 7.35. The van der Waals surface area contributed by atoms with Crippen molar-refractivity contribution in [2.24, 2.45) is 0 Å². The van der Waals surface area contributed by atoms with Gasteiger partial charge in [0.05, 0.1) is 28.4 Å². The van der Waals surface area contributed by atoms with Crippen molar-refractivity contribution in [3.8, 4) is 113 Å². The Morgan fingerprint density at radius 2 is 0.488 bits per heavy atom. The maximum atomic E-state index is 13.7. The number of hydrogen-bond acceptors (Lipinski definition) is 10. The Hall–Kier alpha value is -9.54. The van der Waals surface area contributed by atoms with E-state index < -0.39 is 15.6 Å². The Balaban J connectivity index is 0.000000154. The summed E-state index contributed by atoms with van der Waals surface area (Å²) in [5.74, 6) is 3.98. The Morgan fingerprint density at radius 1 is 0.293 bits per heavy atom. The second-order valence-electron chi connectivity index (χ2n) is 19.6. The minimum atomic E-state index is -4.63. The molecule has 0 atom stereocenters. The third-order valence-corrected chi connectivity index (χ3v) is 16.6. The van der Waals surface area contributed by atoms with Crippen LogP contribution in [0.4, 0.5) is 0 Å². The van der Waals surface area contributed by atoms with Crippen LogP contribution >= 0.6 is 15.6 Å². The first-order valence-corrected chi connectivity index (χ1v) is 29.2. The minimum Gasteiger partial charge on any atom is -0.497 e. The van der Waals surface area contributed by atoms with Crippen LogP contribution < -0.4 is 37.0 Å². The SMILES string of the molecule is COc1ccc(-c2cc3ccccc3c3c2OP(=O)(O)Oc2c(-c4ccc(OC)cc4)cc4ccccc4c2-3)cc1.COc1ccc(-c2cc3ccccc3c3c2OP(=O)(O)Oc2c(-c4ccc(OC)cc4)cc4ccccc4c2-3)cc1. The molecule has 12 aromatic rings. The molecule has 0 saturated heterocycles. The zero-order valence-electron chi connectivity index (χ0n) is 44.7. The van der Waals surface area contributed by atoms with Crippen LogP contribution in [0.2, 0.25) is 0 Å². The summed E-state index contributed by atoms with van der Waals surface area (Å²) < 4.78 is 72.8. The summed E-state index contributed by atoms with van der Waals surface area (Å²) >= 11 is 0. The van der Waals surface area contributed by atoms with Crippen LogP contribution in [-0.2, 0) is 9.13 Å². The molecule has 0 amide bonds. The first-order chi connectivity index (χ1) is 39.9. The van der Waals surface area contributed by atoms with Crippen molar-refractivity contribution in [1.82, 2.24) is 0 Å². The molecule has 2 N–H and O–H groups in total. The van der Waals surface area contributed by atoms with Crippen molar-refractivity contribution in [2.75, 3.05) is 28.4 Å². The van der Waals surface area contributed by atoms with Gasteiger partial charge in [0.2, 0.25) is 0 Å². The lowest BCUT2D eigenvalue weighted by atomic mass is 9.86. The molecule has 2 heterocycles. The predicted molar refractivity (Wildman–Crippen MR) is 324 cm³/mol. The van der Waals surface area contributed by atoms with E-state index in [1.54, 1.807) is 28.4 Å². The molecule has 2 aliphatic rings. The number of hydrogen-bond donors (Lipinski definition) is 2. The van der Waals surface area contributed by atoms with Crippen LogP contribution in [0, 0.1) is 0 Å². The third kappa shape index (κ3) is 9.37. The molecule has 0 spiro atoms. The molecule has 82 heavy (non-hydrogen) atoms. The van der Waals surface area contributed by atoms with Gasteiger partial charge in [0.15, 0.2) is 0 Å². The fraction of sp³-hybridized carbons (Fsp3) is 0.0588. The molecular weight excluding hydrogens is 1070 g/mol. The van der Waals surface area contributed by atoms with Gasteiger partial charge in [-0.25, -0.2) is 9.13 Å². The summed E-state index contributed by atoms with van der Waals surface area (Å²) in [6, 6.07) is 69.9. The van der Waals surface area contributed by atoms with Gasteiger partial charge in [-0.3, -0.25) is 9.79 Å². The molecule has 0 saturated carbocycles. The first-order valence-electron chi connectivity index (χ1n) is 26.2. The molecule has 0 fully saturated rings. The van der Waals surface area contributed by atoms with Gasteiger partial charge in [0.25, 0.3) is 0 Å². The van der Waals surface area contributed by atoms with E-state index in [1.165, 1.54) is 0 Å². The fourth-order valence-electron chi connectivity index (χ4n) is 11.1. The van der Waals surface area contributed by atoms with Gasteiger partial charge in [-0.05, 0) is 138 Å². The predicted octanol–water partition coefficient (Wildman–Crippen LogP) is 17.8. The first kappa shape index (κ1) is 51.9. The topological polar surface area (TPSA) is 148 Å². The van der Waals surface area contributed by atoms with Crippen LogP contribution in [0.5, 0.6) is 46.0 Å². The fourth-order valence-corrected chi connectivity index (χ4v) is 12.9. The van der Waals surface area contributed by atoms with Crippen molar-refractivity contribution in [3.05, 3.63) is 218 Å². The van der Waals surface area contributed by atoms with E-state index in [9.17, 15) is 18.9 Å². The Labute approximate surface area is 472 Å². The number of rotatable bonds is 8. The Kier molecular flexibility index (Phi) is 13.2. The molecule has 0 aromatic heterocycles. The Morgan fingerprint density at radius 3 is 0.683 bits per heavy atom. The van der Waals surface area contributed by atoms with Gasteiger partial charge in [0.1, 0.15) is 46.0 Å². The van der Waals surface area contributed by atoms with Crippen LogP contribution in [0.25, 0.3) is 110 Å². The minimum absolute atomic E-state index is 0.287. The van der Waals surface area contributed by atoms with Crippen LogP contribution in [0.3, 0.4) is 0 Å². The molecule has 0 radical (unpaired) electrons. The van der Waals surface area contributed by atoms with Crippen molar-refractivity contribution >= 4 is 58.7 Å². The average molecular weight is 1120 g/mol. The summed E-state index contributed by atoms with van der Waals surface area (Å²) in [7, 11) is -2.80. The van der Waals surface area contributed by atoms with Gasteiger partial charge in [-0.2, -0.15) is 0 Å². The van der Waals surface area contributed by atoms with E-state index in [2.05, 4.69) is 0 Å². The van der Waals surface area contributed by atoms with Crippen molar-refractivity contribution < 1.29 is 56.0 Å². The van der Waals surface area contributed by atoms with E-state index in [0.29, 0.717) is 67.5 Å². The molecule has 0 unspecified atom stereocenters. The maximum absolute atomic E-state index is 13.7. The molecule has 0 bridgehead atoms. The molecule has 404 valence electrons. The summed E-state index contributed by atoms with van der Waals surface area (Å²) in [5.41, 5.74) is 8.72. The largest absolute Gasteiger partial charge is 0.584 e. The molecule has 12 nitrogen and oxygen atoms in total. The molecule has 2 aliphatic heterocycles. The lowest BCUT2D eigenvalue weighted by Gasteiger charge is -2.18. The van der Waals surface area contributed by atoms with E-state index in [-0.39, 0.29) is 23.0 Å². The van der Waals surface area contributed by atoms with Gasteiger partial charge in [-0.1, -0.05) is 146 Å². The second-order valence-corrected chi connectivity index (χ2v) is 22.2. The highest BCUT2D eigenvalue weighted by atomic mass is 31.2. The van der Waals surface area contributed by atoms with E-state index >= 15 is 0 Å². The molecule has 0 aliphatic carbocycles. The molecule has 14 rings (SSSR count). The molecule has 14 heteroatoms. The van der Waals surface area contributed by atoms with Crippen molar-refractivity contribution in [3.63, 3.8) is 0 Å². The van der Waals surface area contributed by atoms with E-state index in [0.717, 1.165) is 65.3 Å². The quantitative estimate of drug-likeness (QED) is 0.140. The number of methoxy groups -OCH3 is 4. The van der Waals surface area contributed by atoms with Crippen molar-refractivity contribution in [2.45, 2.75) is 0 Å². The number of phosphoric ester groups is 2. The second kappa shape index (κ2) is 20.8. The summed E-state index contributed by atoms with van der Waals surface area (Å²) in [6.45, 7) is 0. The lowest BCUT2D eigenvalue weighted by Crippen LogP contribution is -2.00. The highest BCUT2D eigenvalue weighted by Gasteiger charge is 2.39. The smallest absolute Gasteiger partial charge is 0.497 e. The Bertz CT molecular complexity index is 4000. The maximum Gasteiger partial charge on any atom is 0.584 e. The number of fused-ring (bicyclic) bond motifs is 14. The monoisotopic (exact) mass is 1120 g/mol. The van der Waals surface area contributed by atoms with Crippen LogP contribution in [0.15, 0.2) is 218 Å². The van der Waals surface area contributed by atoms with E-state index in [1.807, 2.05) is 218 Å². The normalized spacial score (nSPS) is 13.4. The molecular formula is C68H50O12P2. The van der Waals surface area contributed by atoms with Gasteiger partial charge < -0.3 is 37.0 Å². The van der Waals surface area contributed by atoms with Gasteiger partial charge in [0, 0.05) is 44.5 Å². The highest BCUT2D eigenvalue weighted by Crippen LogP contribution is 2.63. The summed E-state index contributed by atoms with van der Waals surface area (Å²) in [4.78, 5) is 22.3. The zero-order chi connectivity index (χ0) is 56.3. The molecule has 12 aromatic carbocycles. The third-order valence-electron chi connectivity index (χ3n) is 14.9. The van der Waals surface area contributed by atoms with Gasteiger partial charge >= 0.3 is 15.6 Å². The number of phosphoric acid groups is 2. The van der Waals surface area contributed by atoms with Crippen LogP contribution in [-0.4, -0.2) is 38.2 Å². The van der Waals surface area contributed by atoms with Gasteiger partial charge in [-0.15, -0.1) is 0 Å². The number of benzene rings is 12. The average Bonchev–Trinajstić information content (AvgIpc) is 3.96. The zero-order valence-corrected chi connectivity index (χ0v) is 46.4. The van der Waals surface area contributed by atoms with Crippen LogP contribution in [0.1, 0.15) is 0 Å².